The predicted molar refractivity (Wildman–Crippen MR) is 115 cm³/mol. The maximum absolute atomic E-state index is 13.3. The van der Waals surface area contributed by atoms with Gasteiger partial charge in [0.05, 0.1) is 5.69 Å². The summed E-state index contributed by atoms with van der Waals surface area (Å²) in [5, 5.41) is 6.17. The van der Waals surface area contributed by atoms with E-state index in [1.807, 2.05) is 38.1 Å². The van der Waals surface area contributed by atoms with Gasteiger partial charge in [-0.1, -0.05) is 26.0 Å². The van der Waals surface area contributed by atoms with Crippen LogP contribution < -0.4 is 10.6 Å². The summed E-state index contributed by atoms with van der Waals surface area (Å²) < 4.78 is 0.998. The first-order chi connectivity index (χ1) is 12.9. The molecule has 1 atom stereocenters. The van der Waals surface area contributed by atoms with E-state index >= 15 is 0 Å². The molecule has 4 saturated carbocycles. The van der Waals surface area contributed by atoms with E-state index in [1.165, 1.54) is 19.3 Å². The monoisotopic (exact) mass is 480 g/mol. The van der Waals surface area contributed by atoms with E-state index in [0.29, 0.717) is 0 Å². The Morgan fingerprint density at radius 1 is 1.04 bits per heavy atom. The van der Waals surface area contributed by atoms with Crippen LogP contribution in [0.2, 0.25) is 0 Å². The van der Waals surface area contributed by atoms with Crippen molar-refractivity contribution in [3.8, 4) is 0 Å². The van der Waals surface area contributed by atoms with Crippen molar-refractivity contribution >= 4 is 40.1 Å². The van der Waals surface area contributed by atoms with Gasteiger partial charge in [-0.3, -0.25) is 9.59 Å². The molecule has 0 radical (unpaired) electrons. The zero-order valence-electron chi connectivity index (χ0n) is 16.1. The Morgan fingerprint density at radius 2 is 1.59 bits per heavy atom. The van der Waals surface area contributed by atoms with Gasteiger partial charge in [0.1, 0.15) is 6.04 Å². The van der Waals surface area contributed by atoms with Gasteiger partial charge < -0.3 is 10.6 Å². The van der Waals surface area contributed by atoms with E-state index in [1.54, 1.807) is 0 Å². The first-order valence-electron chi connectivity index (χ1n) is 10.2. The molecule has 5 heteroatoms. The largest absolute Gasteiger partial charge is 0.344 e. The van der Waals surface area contributed by atoms with E-state index in [-0.39, 0.29) is 23.1 Å². The van der Waals surface area contributed by atoms with Crippen molar-refractivity contribution in [1.82, 2.24) is 5.32 Å². The first kappa shape index (κ1) is 19.2. The number of anilines is 1. The minimum atomic E-state index is -0.499. The second-order valence-electron chi connectivity index (χ2n) is 9.36. The average molecular weight is 480 g/mol. The van der Waals surface area contributed by atoms with Crippen LogP contribution in [0.3, 0.4) is 0 Å². The van der Waals surface area contributed by atoms with Crippen molar-refractivity contribution in [2.75, 3.05) is 5.32 Å². The quantitative estimate of drug-likeness (QED) is 0.606. The molecule has 4 bridgehead atoms. The number of nitrogens with one attached hydrogen (secondary N) is 2. The molecule has 0 aliphatic heterocycles. The highest BCUT2D eigenvalue weighted by Crippen LogP contribution is 2.60. The molecule has 5 rings (SSSR count). The number of hydrogen-bond acceptors (Lipinski definition) is 2. The summed E-state index contributed by atoms with van der Waals surface area (Å²) in [5.74, 6) is 2.22. The van der Waals surface area contributed by atoms with Gasteiger partial charge in [-0.15, -0.1) is 0 Å². The van der Waals surface area contributed by atoms with Crippen LogP contribution in [0.1, 0.15) is 52.4 Å². The molecule has 146 valence electrons. The molecule has 4 aliphatic rings. The summed E-state index contributed by atoms with van der Waals surface area (Å²) in [6, 6.07) is 7.23. The van der Waals surface area contributed by atoms with Gasteiger partial charge in [-0.05, 0) is 96.9 Å². The highest BCUT2D eigenvalue weighted by Gasteiger charge is 2.55. The minimum absolute atomic E-state index is 0.0456. The minimum Gasteiger partial charge on any atom is -0.344 e. The van der Waals surface area contributed by atoms with Crippen LogP contribution in [0.25, 0.3) is 0 Å². The summed E-state index contributed by atoms with van der Waals surface area (Å²) >= 11 is 2.22. The fraction of sp³-hybridized carbons (Fsp3) is 0.636. The number of para-hydroxylation sites is 1. The Balaban J connectivity index is 1.48. The van der Waals surface area contributed by atoms with Crippen molar-refractivity contribution in [2.45, 2.75) is 58.4 Å². The first-order valence-corrected chi connectivity index (χ1v) is 11.3. The number of halogens is 1. The number of carbonyl (C=O) groups excluding carboxylic acids is 2. The zero-order valence-corrected chi connectivity index (χ0v) is 18.3. The lowest BCUT2D eigenvalue weighted by Gasteiger charge is -2.55. The highest BCUT2D eigenvalue weighted by molar-refractivity contribution is 14.1. The molecule has 1 aromatic rings. The molecule has 4 nitrogen and oxygen atoms in total. The van der Waals surface area contributed by atoms with E-state index in [9.17, 15) is 9.59 Å². The fourth-order valence-electron chi connectivity index (χ4n) is 5.99. The Hall–Kier alpha value is -1.11. The van der Waals surface area contributed by atoms with E-state index in [0.717, 1.165) is 46.3 Å². The normalized spacial score (nSPS) is 32.4. The average Bonchev–Trinajstić information content (AvgIpc) is 2.59. The second kappa shape index (κ2) is 7.37. The van der Waals surface area contributed by atoms with Crippen molar-refractivity contribution in [1.29, 1.82) is 0 Å². The third kappa shape index (κ3) is 3.76. The molecule has 0 saturated heterocycles. The number of carbonyl (C=O) groups is 2. The fourth-order valence-corrected chi connectivity index (χ4v) is 6.51. The molecule has 4 fully saturated rings. The zero-order chi connectivity index (χ0) is 19.2. The van der Waals surface area contributed by atoms with Gasteiger partial charge in [0, 0.05) is 8.99 Å². The van der Waals surface area contributed by atoms with Gasteiger partial charge >= 0.3 is 0 Å². The second-order valence-corrected chi connectivity index (χ2v) is 10.5. The van der Waals surface area contributed by atoms with Crippen molar-refractivity contribution in [3.05, 3.63) is 27.8 Å². The summed E-state index contributed by atoms with van der Waals surface area (Å²) in [4.78, 5) is 26.3. The lowest BCUT2D eigenvalue weighted by molar-refractivity contribution is -0.148. The molecule has 4 aliphatic carbocycles. The number of rotatable bonds is 5. The van der Waals surface area contributed by atoms with Gasteiger partial charge in [0.15, 0.2) is 0 Å². The lowest BCUT2D eigenvalue weighted by Crippen LogP contribution is -2.57. The van der Waals surface area contributed by atoms with Crippen LogP contribution in [0.5, 0.6) is 0 Å². The molecule has 27 heavy (non-hydrogen) atoms. The molecule has 0 aromatic heterocycles. The molecule has 0 spiro atoms. The number of hydrogen-bond donors (Lipinski definition) is 2. The van der Waals surface area contributed by atoms with Gasteiger partial charge in [-0.25, -0.2) is 0 Å². The molecular formula is C22H29IN2O2. The van der Waals surface area contributed by atoms with Gasteiger partial charge in [0.2, 0.25) is 11.8 Å². The third-order valence-electron chi connectivity index (χ3n) is 6.89. The smallest absolute Gasteiger partial charge is 0.247 e. The van der Waals surface area contributed by atoms with Crippen LogP contribution in [0, 0.1) is 32.7 Å². The van der Waals surface area contributed by atoms with Gasteiger partial charge in [-0.2, -0.15) is 0 Å². The summed E-state index contributed by atoms with van der Waals surface area (Å²) in [6.45, 7) is 4.00. The summed E-state index contributed by atoms with van der Waals surface area (Å²) in [6.07, 6.45) is 7.00. The Kier molecular flexibility index (Phi) is 5.25. The van der Waals surface area contributed by atoms with E-state index in [4.69, 9.17) is 0 Å². The molecule has 0 heterocycles. The topological polar surface area (TPSA) is 58.2 Å². The van der Waals surface area contributed by atoms with Crippen LogP contribution in [-0.2, 0) is 9.59 Å². The molecule has 2 amide bonds. The SMILES string of the molecule is CC(C)C(NC(=O)C12CC3CC(CC(C3)C1)C2)C(=O)Nc1ccccc1I. The maximum Gasteiger partial charge on any atom is 0.247 e. The van der Waals surface area contributed by atoms with Crippen LogP contribution in [0.4, 0.5) is 5.69 Å². The third-order valence-corrected chi connectivity index (χ3v) is 7.83. The maximum atomic E-state index is 13.3. The summed E-state index contributed by atoms with van der Waals surface area (Å²) in [5.41, 5.74) is 0.585. The van der Waals surface area contributed by atoms with E-state index < -0.39 is 6.04 Å². The van der Waals surface area contributed by atoms with Crippen LogP contribution in [0.15, 0.2) is 24.3 Å². The highest BCUT2D eigenvalue weighted by atomic mass is 127. The lowest BCUT2D eigenvalue weighted by atomic mass is 9.49. The van der Waals surface area contributed by atoms with Crippen LogP contribution in [-0.4, -0.2) is 17.9 Å². The summed E-state index contributed by atoms with van der Waals surface area (Å²) in [7, 11) is 0. The Bertz CT molecular complexity index is 710. The van der Waals surface area contributed by atoms with Crippen molar-refractivity contribution < 1.29 is 9.59 Å². The molecule has 1 aromatic carbocycles. The molecule has 2 N–H and O–H groups in total. The number of benzene rings is 1. The van der Waals surface area contributed by atoms with E-state index in [2.05, 4.69) is 33.2 Å². The standard InChI is InChI=1S/C22H29IN2O2/c1-13(2)19(20(26)24-18-6-4-3-5-17(18)23)25-21(27)22-10-14-7-15(11-22)9-16(8-14)12-22/h3-6,13-16,19H,7-12H2,1-2H3,(H,24,26)(H,25,27). The number of amides is 2. The predicted octanol–water partition coefficient (Wildman–Crippen LogP) is 4.59. The Labute approximate surface area is 175 Å². The molecular weight excluding hydrogens is 451 g/mol. The van der Waals surface area contributed by atoms with Crippen molar-refractivity contribution in [3.63, 3.8) is 0 Å². The Morgan fingerprint density at radius 3 is 2.11 bits per heavy atom. The van der Waals surface area contributed by atoms with Crippen molar-refractivity contribution in [2.24, 2.45) is 29.1 Å². The molecule has 1 unspecified atom stereocenters. The van der Waals surface area contributed by atoms with Crippen LogP contribution >= 0.6 is 22.6 Å². The van der Waals surface area contributed by atoms with Gasteiger partial charge in [0.25, 0.3) is 0 Å².